The van der Waals surface area contributed by atoms with Crippen molar-refractivity contribution >= 4 is 22.3 Å². The van der Waals surface area contributed by atoms with Crippen LogP contribution in [0.4, 0.5) is 18.0 Å². The van der Waals surface area contributed by atoms with Crippen molar-refractivity contribution in [3.8, 4) is 11.6 Å². The van der Waals surface area contributed by atoms with Gasteiger partial charge in [0.2, 0.25) is 0 Å². The molecular formula is C25H28F3N7O5S. The number of urea groups is 1. The summed E-state index contributed by atoms with van der Waals surface area (Å²) in [6, 6.07) is 0.154. The second kappa shape index (κ2) is 11.8. The number of nitrogens with zero attached hydrogens (tertiary/aromatic N) is 6. The highest BCUT2D eigenvalue weighted by Crippen LogP contribution is 2.28. The van der Waals surface area contributed by atoms with Gasteiger partial charge in [-0.25, -0.2) is 41.1 Å². The Morgan fingerprint density at radius 1 is 1.24 bits per heavy atom. The zero-order valence-electron chi connectivity index (χ0n) is 22.6. The van der Waals surface area contributed by atoms with Crippen molar-refractivity contribution in [2.45, 2.75) is 44.2 Å². The van der Waals surface area contributed by atoms with Crippen LogP contribution in [0, 0.1) is 19.7 Å². The van der Waals surface area contributed by atoms with Gasteiger partial charge in [0.15, 0.2) is 17.4 Å². The first-order valence-corrected chi connectivity index (χ1v) is 13.7. The third-order valence-electron chi connectivity index (χ3n) is 6.24. The van der Waals surface area contributed by atoms with Crippen LogP contribution in [0.2, 0.25) is 0 Å². The zero-order chi connectivity index (χ0) is 30.1. The van der Waals surface area contributed by atoms with Crippen molar-refractivity contribution in [3.63, 3.8) is 0 Å². The second-order valence-electron chi connectivity index (χ2n) is 9.33. The van der Waals surface area contributed by atoms with Gasteiger partial charge >= 0.3 is 6.03 Å². The van der Waals surface area contributed by atoms with E-state index in [1.165, 1.54) is 35.7 Å². The predicted molar refractivity (Wildman–Crippen MR) is 141 cm³/mol. The number of carbonyl (C=O) groups excluding carboxylic acids is 1. The summed E-state index contributed by atoms with van der Waals surface area (Å²) in [4.78, 5) is 24.8. The highest BCUT2D eigenvalue weighted by Gasteiger charge is 2.39. The summed E-state index contributed by atoms with van der Waals surface area (Å²) in [6.07, 6.45) is 3.92. The molecule has 1 fully saturated rings. The molecule has 4 heterocycles. The lowest BCUT2D eigenvalue weighted by atomic mass is 10.1. The fourth-order valence-electron chi connectivity index (χ4n) is 4.41. The second-order valence-corrected chi connectivity index (χ2v) is 10.9. The smallest absolute Gasteiger partial charge is 0.341 e. The number of ether oxygens (including phenoxy) is 1. The van der Waals surface area contributed by atoms with E-state index in [9.17, 15) is 26.4 Å². The summed E-state index contributed by atoms with van der Waals surface area (Å²) in [7, 11) is -2.86. The number of aryl methyl sites for hydroxylation is 1. The van der Waals surface area contributed by atoms with Gasteiger partial charge in [0.1, 0.15) is 16.8 Å². The maximum atomic E-state index is 14.6. The number of rotatable bonds is 9. The van der Waals surface area contributed by atoms with Crippen LogP contribution in [0.1, 0.15) is 24.7 Å². The van der Waals surface area contributed by atoms with Crippen molar-refractivity contribution in [3.05, 3.63) is 65.4 Å². The Hall–Kier alpha value is -4.02. The van der Waals surface area contributed by atoms with Crippen LogP contribution >= 0.6 is 0 Å². The van der Waals surface area contributed by atoms with E-state index in [1.807, 2.05) is 4.89 Å². The number of allylic oxidation sites excluding steroid dienone is 3. The van der Waals surface area contributed by atoms with Crippen molar-refractivity contribution in [1.82, 2.24) is 29.6 Å². The molecule has 2 aliphatic rings. The summed E-state index contributed by atoms with van der Waals surface area (Å²) in [5, 5.41) is 9.44. The lowest BCUT2D eigenvalue weighted by Gasteiger charge is -2.41. The lowest BCUT2D eigenvalue weighted by Crippen LogP contribution is -2.59. The number of hydrogen-bond donors (Lipinski definition) is 1. The molecule has 16 heteroatoms. The molecule has 1 N–H and O–H groups in total. The normalized spacial score (nSPS) is 18.2. The molecule has 41 heavy (non-hydrogen) atoms. The van der Waals surface area contributed by atoms with Crippen LogP contribution < -0.4 is 9.62 Å². The Labute approximate surface area is 234 Å². The van der Waals surface area contributed by atoms with Gasteiger partial charge in [0, 0.05) is 24.8 Å². The van der Waals surface area contributed by atoms with E-state index in [0.717, 1.165) is 31.3 Å². The summed E-state index contributed by atoms with van der Waals surface area (Å²) >= 11 is 0. The number of likely N-dealkylation sites (tertiary alicyclic amines) is 1. The van der Waals surface area contributed by atoms with Crippen molar-refractivity contribution in [2.24, 2.45) is 5.10 Å². The average Bonchev–Trinajstić information content (AvgIpc) is 3.46. The maximum Gasteiger partial charge on any atom is 0.341 e. The van der Waals surface area contributed by atoms with Crippen molar-refractivity contribution in [1.29, 1.82) is 0 Å². The first kappa shape index (κ1) is 30.0. The largest absolute Gasteiger partial charge is 0.483 e. The molecule has 220 valence electrons. The number of carbonyl (C=O) groups is 1. The van der Waals surface area contributed by atoms with E-state index in [-0.39, 0.29) is 46.5 Å². The number of hydrogen-bond acceptors (Lipinski definition) is 8. The molecule has 2 amide bonds. The fourth-order valence-corrected chi connectivity index (χ4v) is 5.62. The first-order chi connectivity index (χ1) is 19.3. The number of sulfonamides is 1. The molecular weight excluding hydrogens is 567 g/mol. The van der Waals surface area contributed by atoms with Crippen LogP contribution in [-0.2, 0) is 14.9 Å². The summed E-state index contributed by atoms with van der Waals surface area (Å²) in [5.74, 6) is -2.37. The summed E-state index contributed by atoms with van der Waals surface area (Å²) in [5.41, 5.74) is 0.626. The number of amides is 2. The summed E-state index contributed by atoms with van der Waals surface area (Å²) in [6.45, 7) is 8.12. The van der Waals surface area contributed by atoms with Gasteiger partial charge in [-0.15, -0.1) is 0 Å². The van der Waals surface area contributed by atoms with Gasteiger partial charge in [0.05, 0.1) is 49.7 Å². The Morgan fingerprint density at radius 3 is 2.61 bits per heavy atom. The SMILES string of the molecule is C=C(/C=C(F)\C=C(/C)F)[C@@H]1CC=NN1C(=O)N1CC(Oc2cc(-n3nc(C)c(S(=O)(=O)NOC)c3C)ncc2F)C1. The molecule has 0 spiro atoms. The zero-order valence-corrected chi connectivity index (χ0v) is 23.5. The highest BCUT2D eigenvalue weighted by atomic mass is 32.2. The Kier molecular flexibility index (Phi) is 8.65. The molecule has 2 aromatic rings. The number of nitrogens with one attached hydrogen (secondary N) is 1. The fraction of sp³-hybridized carbons (Fsp3) is 0.360. The third kappa shape index (κ3) is 6.34. The van der Waals surface area contributed by atoms with Gasteiger partial charge < -0.3 is 9.64 Å². The van der Waals surface area contributed by atoms with Gasteiger partial charge in [-0.2, -0.15) is 10.2 Å². The lowest BCUT2D eigenvalue weighted by molar-refractivity contribution is 0.0273. The number of aromatic nitrogens is 3. The van der Waals surface area contributed by atoms with E-state index < -0.39 is 45.7 Å². The molecule has 0 aliphatic carbocycles. The molecule has 1 saturated heterocycles. The average molecular weight is 596 g/mol. The van der Waals surface area contributed by atoms with Gasteiger partial charge in [-0.05, 0) is 32.4 Å². The van der Waals surface area contributed by atoms with Crippen LogP contribution in [0.15, 0.2) is 58.2 Å². The Balaban J connectivity index is 1.43. The minimum Gasteiger partial charge on any atom is -0.483 e. The van der Waals surface area contributed by atoms with Crippen molar-refractivity contribution in [2.75, 3.05) is 20.2 Å². The summed E-state index contributed by atoms with van der Waals surface area (Å²) < 4.78 is 73.4. The molecule has 2 aromatic heterocycles. The van der Waals surface area contributed by atoms with Crippen molar-refractivity contribution < 1.29 is 36.0 Å². The molecule has 1 atom stereocenters. The van der Waals surface area contributed by atoms with Crippen LogP contribution in [-0.4, -0.2) is 77.7 Å². The highest BCUT2D eigenvalue weighted by molar-refractivity contribution is 7.89. The first-order valence-electron chi connectivity index (χ1n) is 12.3. The van der Waals surface area contributed by atoms with E-state index in [1.54, 1.807) is 0 Å². The molecule has 4 rings (SSSR count). The van der Waals surface area contributed by atoms with E-state index in [2.05, 4.69) is 26.6 Å². The van der Waals surface area contributed by atoms with Crippen LogP contribution in [0.3, 0.4) is 0 Å². The molecule has 0 aromatic carbocycles. The monoisotopic (exact) mass is 595 g/mol. The van der Waals surface area contributed by atoms with Gasteiger partial charge in [-0.1, -0.05) is 11.5 Å². The Morgan fingerprint density at radius 2 is 1.95 bits per heavy atom. The van der Waals surface area contributed by atoms with Gasteiger partial charge in [-0.3, -0.25) is 4.84 Å². The quantitative estimate of drug-likeness (QED) is 0.347. The van der Waals surface area contributed by atoms with Crippen LogP contribution in [0.5, 0.6) is 5.75 Å². The van der Waals surface area contributed by atoms with Crippen LogP contribution in [0.25, 0.3) is 5.82 Å². The molecule has 0 bridgehead atoms. The molecule has 0 radical (unpaired) electrons. The van der Waals surface area contributed by atoms with E-state index in [4.69, 9.17) is 4.74 Å². The number of pyridine rings is 1. The topological polar surface area (TPSA) is 131 Å². The van der Waals surface area contributed by atoms with E-state index >= 15 is 0 Å². The standard InChI is InChI=1S/C25H28F3N7O5S/c1-14(8-18(27)9-15(2)26)21-6-7-30-35(21)25(36)33-12-19(13-33)40-22-10-23(29-11-20(22)28)34-17(4)24(16(3)31-34)41(37,38)32-39-5/h7-11,19,21,32H,1,6,12-13H2,2-5H3/b15-9+,18-8+/t21-/m0/s1. The van der Waals surface area contributed by atoms with Gasteiger partial charge in [0.25, 0.3) is 10.0 Å². The molecule has 2 aliphatic heterocycles. The molecule has 12 nitrogen and oxygen atoms in total. The number of halogens is 3. The van der Waals surface area contributed by atoms with E-state index in [0.29, 0.717) is 12.5 Å². The minimum atomic E-state index is -4.02. The molecule has 0 unspecified atom stereocenters. The maximum absolute atomic E-state index is 14.6. The Bertz CT molecular complexity index is 1560. The third-order valence-corrected chi connectivity index (χ3v) is 7.75. The predicted octanol–water partition coefficient (Wildman–Crippen LogP) is 3.39. The minimum absolute atomic E-state index is 0.110. The number of hydrazone groups is 1. The molecule has 0 saturated carbocycles.